The molecule has 9 nitrogen and oxygen atoms in total. The van der Waals surface area contributed by atoms with E-state index < -0.39 is 9.84 Å². The van der Waals surface area contributed by atoms with Gasteiger partial charge in [-0.25, -0.2) is 13.4 Å². The van der Waals surface area contributed by atoms with E-state index in [-0.39, 0.29) is 0 Å². The van der Waals surface area contributed by atoms with Gasteiger partial charge in [-0.1, -0.05) is 12.1 Å². The molecule has 226 valence electrons. The van der Waals surface area contributed by atoms with E-state index in [1.807, 2.05) is 18.3 Å². The van der Waals surface area contributed by atoms with E-state index in [2.05, 4.69) is 49.6 Å². The summed E-state index contributed by atoms with van der Waals surface area (Å²) in [5, 5.41) is 0. The van der Waals surface area contributed by atoms with Crippen molar-refractivity contribution in [2.24, 2.45) is 0 Å². The van der Waals surface area contributed by atoms with Crippen molar-refractivity contribution >= 4 is 26.6 Å². The van der Waals surface area contributed by atoms with E-state index in [0.29, 0.717) is 10.9 Å². The van der Waals surface area contributed by atoms with Crippen LogP contribution in [0.1, 0.15) is 25.3 Å². The van der Waals surface area contributed by atoms with Crippen molar-refractivity contribution in [3.63, 3.8) is 0 Å². The number of aromatic nitrogens is 3. The van der Waals surface area contributed by atoms with Gasteiger partial charge < -0.3 is 14.2 Å². The van der Waals surface area contributed by atoms with Crippen LogP contribution in [0.3, 0.4) is 0 Å². The van der Waals surface area contributed by atoms with Gasteiger partial charge in [0, 0.05) is 68.4 Å². The Hall–Kier alpha value is -3.31. The first-order valence-corrected chi connectivity index (χ1v) is 17.4. The molecule has 0 unspecified atom stereocenters. The van der Waals surface area contributed by atoms with Gasteiger partial charge in [-0.05, 0) is 74.8 Å². The fraction of sp³-hybridized carbons (Fsp3) is 0.455. The summed E-state index contributed by atoms with van der Waals surface area (Å²) in [5.74, 6) is 0.868. The van der Waals surface area contributed by atoms with Gasteiger partial charge >= 0.3 is 0 Å². The lowest BCUT2D eigenvalue weighted by atomic mass is 10.1. The van der Waals surface area contributed by atoms with Gasteiger partial charge in [0.1, 0.15) is 11.3 Å². The van der Waals surface area contributed by atoms with Crippen molar-refractivity contribution in [3.8, 4) is 22.6 Å². The Morgan fingerprint density at radius 1 is 0.837 bits per heavy atom. The number of hydrogen-bond acceptors (Lipinski definition) is 8. The summed E-state index contributed by atoms with van der Waals surface area (Å²) in [7, 11) is -3.24. The fourth-order valence-corrected chi connectivity index (χ4v) is 6.96. The zero-order valence-corrected chi connectivity index (χ0v) is 25.7. The molecule has 2 aromatic carbocycles. The molecule has 1 saturated carbocycles. The van der Waals surface area contributed by atoms with Crippen molar-refractivity contribution in [1.82, 2.24) is 24.3 Å². The van der Waals surface area contributed by atoms with E-state index in [1.165, 1.54) is 31.5 Å². The second-order valence-electron chi connectivity index (χ2n) is 12.1. The van der Waals surface area contributed by atoms with Crippen molar-refractivity contribution in [2.45, 2.75) is 30.2 Å². The Morgan fingerprint density at radius 2 is 1.49 bits per heavy atom. The zero-order valence-electron chi connectivity index (χ0n) is 24.9. The van der Waals surface area contributed by atoms with Crippen molar-refractivity contribution in [1.29, 1.82) is 0 Å². The average Bonchev–Trinajstić information content (AvgIpc) is 3.80. The molecule has 1 aliphatic carbocycles. The standard InChI is InChI=1S/C33H40N6O3S/c1-43(40,41)29-11-5-26(6-12-29)33-35-31-24-34-30(23-32(31)39(33)28-9-10-28)25-3-7-27(8-4-25)38-17-15-36(16-18-38)13-2-14-37-19-21-42-22-20-37/h3-8,11-12,23-24,28H,2,9-10,13-22H2,1H3. The molecule has 2 aromatic heterocycles. The van der Waals surface area contributed by atoms with Crippen molar-refractivity contribution < 1.29 is 13.2 Å². The monoisotopic (exact) mass is 600 g/mol. The van der Waals surface area contributed by atoms with Crippen LogP contribution in [0.4, 0.5) is 5.69 Å². The molecule has 2 saturated heterocycles. The molecule has 2 aliphatic heterocycles. The third-order valence-electron chi connectivity index (χ3n) is 8.98. The minimum atomic E-state index is -3.24. The van der Waals surface area contributed by atoms with Gasteiger partial charge in [0.05, 0.1) is 35.5 Å². The number of fused-ring (bicyclic) bond motifs is 1. The fourth-order valence-electron chi connectivity index (χ4n) is 6.33. The first-order valence-electron chi connectivity index (χ1n) is 15.5. The Morgan fingerprint density at radius 3 is 2.14 bits per heavy atom. The molecule has 0 spiro atoms. The Balaban J connectivity index is 1.03. The average molecular weight is 601 g/mol. The van der Waals surface area contributed by atoms with Gasteiger partial charge in [-0.15, -0.1) is 0 Å². The third kappa shape index (κ3) is 6.33. The second-order valence-corrected chi connectivity index (χ2v) is 14.1. The molecule has 0 amide bonds. The first kappa shape index (κ1) is 28.5. The number of piperazine rings is 1. The smallest absolute Gasteiger partial charge is 0.175 e. The number of pyridine rings is 1. The van der Waals surface area contributed by atoms with Crippen LogP contribution in [-0.2, 0) is 14.6 Å². The summed E-state index contributed by atoms with van der Waals surface area (Å²) in [5.41, 5.74) is 6.14. The largest absolute Gasteiger partial charge is 0.379 e. The summed E-state index contributed by atoms with van der Waals surface area (Å²) in [6.07, 6.45) is 6.56. The Kier molecular flexibility index (Phi) is 7.94. The molecule has 0 atom stereocenters. The van der Waals surface area contributed by atoms with Crippen molar-refractivity contribution in [3.05, 3.63) is 60.8 Å². The molecule has 4 aromatic rings. The van der Waals surface area contributed by atoms with Crippen molar-refractivity contribution in [2.75, 3.05) is 76.7 Å². The number of benzene rings is 2. The van der Waals surface area contributed by atoms with E-state index in [4.69, 9.17) is 14.7 Å². The SMILES string of the molecule is CS(=O)(=O)c1ccc(-c2nc3cnc(-c4ccc(N5CCN(CCCN6CCOCC6)CC5)cc4)cc3n2C2CC2)cc1. The number of anilines is 1. The summed E-state index contributed by atoms with van der Waals surface area (Å²) in [6.45, 7) is 10.5. The number of hydrogen-bond donors (Lipinski definition) is 0. The minimum Gasteiger partial charge on any atom is -0.379 e. The van der Waals surface area contributed by atoms with Gasteiger partial charge in [0.15, 0.2) is 9.84 Å². The molecule has 7 rings (SSSR count). The highest BCUT2D eigenvalue weighted by Gasteiger charge is 2.29. The van der Waals surface area contributed by atoms with Gasteiger partial charge in [0.2, 0.25) is 0 Å². The topological polar surface area (TPSA) is 83.8 Å². The summed E-state index contributed by atoms with van der Waals surface area (Å²) >= 11 is 0. The normalized spacial score (nSPS) is 18.9. The van der Waals surface area contributed by atoms with Crippen LogP contribution in [0.5, 0.6) is 0 Å². The van der Waals surface area contributed by atoms with Crippen LogP contribution in [0.2, 0.25) is 0 Å². The highest BCUT2D eigenvalue weighted by atomic mass is 32.2. The van der Waals surface area contributed by atoms with Crippen LogP contribution in [-0.4, -0.2) is 105 Å². The lowest BCUT2D eigenvalue weighted by Gasteiger charge is -2.36. The van der Waals surface area contributed by atoms with Gasteiger partial charge in [-0.2, -0.15) is 0 Å². The number of rotatable bonds is 9. The lowest BCUT2D eigenvalue weighted by Crippen LogP contribution is -2.47. The lowest BCUT2D eigenvalue weighted by molar-refractivity contribution is 0.0360. The van der Waals surface area contributed by atoms with E-state index in [1.54, 1.807) is 12.1 Å². The maximum absolute atomic E-state index is 11.9. The molecular weight excluding hydrogens is 560 g/mol. The molecule has 0 N–H and O–H groups in total. The predicted molar refractivity (Wildman–Crippen MR) is 170 cm³/mol. The predicted octanol–water partition coefficient (Wildman–Crippen LogP) is 4.35. The van der Waals surface area contributed by atoms with E-state index in [9.17, 15) is 8.42 Å². The maximum atomic E-state index is 11.9. The first-order chi connectivity index (χ1) is 20.9. The van der Waals surface area contributed by atoms with Crippen LogP contribution >= 0.6 is 0 Å². The molecule has 0 radical (unpaired) electrons. The molecule has 4 heterocycles. The summed E-state index contributed by atoms with van der Waals surface area (Å²) in [4.78, 5) is 17.6. The number of morpholine rings is 1. The summed E-state index contributed by atoms with van der Waals surface area (Å²) in [6, 6.07) is 18.4. The molecular formula is C33H40N6O3S. The Labute approximate surface area is 254 Å². The summed E-state index contributed by atoms with van der Waals surface area (Å²) < 4.78 is 31.7. The van der Waals surface area contributed by atoms with Crippen LogP contribution in [0.15, 0.2) is 65.7 Å². The molecule has 3 fully saturated rings. The molecule has 10 heteroatoms. The van der Waals surface area contributed by atoms with Crippen LogP contribution in [0, 0.1) is 0 Å². The zero-order chi connectivity index (χ0) is 29.4. The van der Waals surface area contributed by atoms with Crippen LogP contribution in [0.25, 0.3) is 33.7 Å². The van der Waals surface area contributed by atoms with E-state index >= 15 is 0 Å². The minimum absolute atomic E-state index is 0.319. The van der Waals surface area contributed by atoms with Gasteiger partial charge in [0.25, 0.3) is 0 Å². The number of nitrogens with zero attached hydrogens (tertiary/aromatic N) is 6. The number of imidazole rings is 1. The van der Waals surface area contributed by atoms with E-state index in [0.717, 1.165) is 99.0 Å². The number of ether oxygens (including phenoxy) is 1. The second kappa shape index (κ2) is 12.0. The molecule has 43 heavy (non-hydrogen) atoms. The van der Waals surface area contributed by atoms with Gasteiger partial charge in [-0.3, -0.25) is 14.8 Å². The Bertz CT molecular complexity index is 1670. The highest BCUT2D eigenvalue weighted by Crippen LogP contribution is 2.42. The van der Waals surface area contributed by atoms with Crippen LogP contribution < -0.4 is 4.90 Å². The molecule has 3 aliphatic rings. The highest BCUT2D eigenvalue weighted by molar-refractivity contribution is 7.90. The quantitative estimate of drug-likeness (QED) is 0.281. The molecule has 0 bridgehead atoms. The third-order valence-corrected chi connectivity index (χ3v) is 10.1. The number of sulfone groups is 1. The maximum Gasteiger partial charge on any atom is 0.175 e.